The summed E-state index contributed by atoms with van der Waals surface area (Å²) in [6, 6.07) is 16.2. The number of rotatable bonds is 3. The second-order valence-electron chi connectivity index (χ2n) is 5.16. The van der Waals surface area contributed by atoms with Crippen molar-refractivity contribution < 1.29 is 9.59 Å². The Morgan fingerprint density at radius 2 is 1.77 bits per heavy atom. The number of para-hydroxylation sites is 1. The summed E-state index contributed by atoms with van der Waals surface area (Å²) in [5.41, 5.74) is 1.47. The number of carbonyl (C=O) groups excluding carboxylic acids is 2. The number of carbonyl (C=O) groups is 2. The van der Waals surface area contributed by atoms with Gasteiger partial charge in [0, 0.05) is 22.9 Å². The molecule has 1 N–H and O–H groups in total. The van der Waals surface area contributed by atoms with Gasteiger partial charge in [0.2, 0.25) is 11.8 Å². The molecule has 0 aliphatic carbocycles. The third kappa shape index (κ3) is 2.97. The van der Waals surface area contributed by atoms with Crippen LogP contribution in [0.1, 0.15) is 6.42 Å². The molecule has 0 aromatic heterocycles. The van der Waals surface area contributed by atoms with E-state index in [1.54, 1.807) is 29.2 Å². The van der Waals surface area contributed by atoms with E-state index in [0.717, 1.165) is 5.69 Å². The Morgan fingerprint density at radius 1 is 1.09 bits per heavy atom. The summed E-state index contributed by atoms with van der Waals surface area (Å²) in [7, 11) is 0. The maximum Gasteiger partial charge on any atom is 0.239 e. The van der Waals surface area contributed by atoms with Crippen LogP contribution in [0, 0.1) is 5.92 Å². The summed E-state index contributed by atoms with van der Waals surface area (Å²) in [4.78, 5) is 26.4. The van der Waals surface area contributed by atoms with Gasteiger partial charge in [-0.15, -0.1) is 0 Å². The minimum atomic E-state index is -0.643. The smallest absolute Gasteiger partial charge is 0.239 e. The van der Waals surface area contributed by atoms with Crippen molar-refractivity contribution >= 4 is 34.8 Å². The second kappa shape index (κ2) is 6.20. The predicted molar refractivity (Wildman–Crippen MR) is 87.0 cm³/mol. The van der Waals surface area contributed by atoms with E-state index in [1.165, 1.54) is 0 Å². The highest BCUT2D eigenvalue weighted by Gasteiger charge is 2.37. The highest BCUT2D eigenvalue weighted by molar-refractivity contribution is 6.30. The number of hydrogen-bond donors (Lipinski definition) is 1. The monoisotopic (exact) mass is 314 g/mol. The summed E-state index contributed by atoms with van der Waals surface area (Å²) >= 11 is 5.81. The van der Waals surface area contributed by atoms with E-state index in [0.29, 0.717) is 23.7 Å². The zero-order valence-corrected chi connectivity index (χ0v) is 12.6. The van der Waals surface area contributed by atoms with E-state index in [4.69, 9.17) is 11.6 Å². The number of benzene rings is 2. The fourth-order valence-electron chi connectivity index (χ4n) is 2.55. The molecule has 3 rings (SSSR count). The van der Waals surface area contributed by atoms with E-state index in [2.05, 4.69) is 5.32 Å². The Bertz CT molecular complexity index is 686. The molecule has 22 heavy (non-hydrogen) atoms. The summed E-state index contributed by atoms with van der Waals surface area (Å²) in [6.45, 7) is 0.557. The van der Waals surface area contributed by atoms with Crippen LogP contribution in [0.5, 0.6) is 0 Å². The highest BCUT2D eigenvalue weighted by atomic mass is 35.5. The molecule has 112 valence electrons. The van der Waals surface area contributed by atoms with Gasteiger partial charge in [-0.05, 0) is 42.8 Å². The van der Waals surface area contributed by atoms with Crippen LogP contribution in [0.3, 0.4) is 0 Å². The van der Waals surface area contributed by atoms with Crippen molar-refractivity contribution in [2.45, 2.75) is 6.42 Å². The zero-order valence-electron chi connectivity index (χ0n) is 11.8. The maximum atomic E-state index is 12.4. The molecule has 0 spiro atoms. The third-order valence-corrected chi connectivity index (χ3v) is 3.95. The number of halogens is 1. The average Bonchev–Trinajstić information content (AvgIpc) is 2.92. The standard InChI is InChI=1S/C17H15ClN2O2/c18-12-6-8-13(9-7-12)19-16(21)15-10-11-20(17(15)22)14-4-2-1-3-5-14/h1-9,15H,10-11H2,(H,19,21)/t15-/m1/s1. The molecule has 1 fully saturated rings. The first-order valence-corrected chi connectivity index (χ1v) is 7.46. The van der Waals surface area contributed by atoms with Crippen LogP contribution in [0.2, 0.25) is 5.02 Å². The molecule has 1 atom stereocenters. The van der Waals surface area contributed by atoms with Crippen molar-refractivity contribution in [3.63, 3.8) is 0 Å². The van der Waals surface area contributed by atoms with Crippen LogP contribution in [0.25, 0.3) is 0 Å². The fraction of sp³-hybridized carbons (Fsp3) is 0.176. The molecule has 2 aromatic rings. The Morgan fingerprint density at radius 3 is 2.45 bits per heavy atom. The van der Waals surface area contributed by atoms with Gasteiger partial charge in [0.1, 0.15) is 5.92 Å². The summed E-state index contributed by atoms with van der Waals surface area (Å²) in [5.74, 6) is -1.07. The minimum absolute atomic E-state index is 0.155. The second-order valence-corrected chi connectivity index (χ2v) is 5.60. The third-order valence-electron chi connectivity index (χ3n) is 3.70. The molecule has 0 saturated carbocycles. The maximum absolute atomic E-state index is 12.4. The number of hydrogen-bond acceptors (Lipinski definition) is 2. The van der Waals surface area contributed by atoms with Crippen LogP contribution in [0.15, 0.2) is 54.6 Å². The van der Waals surface area contributed by atoms with E-state index >= 15 is 0 Å². The molecule has 5 heteroatoms. The molecule has 0 unspecified atom stereocenters. The first-order chi connectivity index (χ1) is 10.6. The first kappa shape index (κ1) is 14.6. The van der Waals surface area contributed by atoms with Gasteiger partial charge in [0.15, 0.2) is 0 Å². The van der Waals surface area contributed by atoms with Gasteiger partial charge < -0.3 is 10.2 Å². The van der Waals surface area contributed by atoms with Crippen molar-refractivity contribution in [3.05, 3.63) is 59.6 Å². The minimum Gasteiger partial charge on any atom is -0.325 e. The molecule has 0 bridgehead atoms. The highest BCUT2D eigenvalue weighted by Crippen LogP contribution is 2.26. The van der Waals surface area contributed by atoms with Crippen molar-refractivity contribution in [1.82, 2.24) is 0 Å². The molecule has 1 aliphatic heterocycles. The molecule has 2 aromatic carbocycles. The first-order valence-electron chi connectivity index (χ1n) is 7.08. The normalized spacial score (nSPS) is 17.6. The lowest BCUT2D eigenvalue weighted by Gasteiger charge is -2.16. The van der Waals surface area contributed by atoms with Gasteiger partial charge in [-0.1, -0.05) is 29.8 Å². The zero-order chi connectivity index (χ0) is 15.5. The molecular formula is C17H15ClN2O2. The molecule has 0 radical (unpaired) electrons. The van der Waals surface area contributed by atoms with Gasteiger partial charge in [-0.2, -0.15) is 0 Å². The predicted octanol–water partition coefficient (Wildman–Crippen LogP) is 3.33. The van der Waals surface area contributed by atoms with Crippen LogP contribution in [-0.4, -0.2) is 18.4 Å². The van der Waals surface area contributed by atoms with Crippen LogP contribution >= 0.6 is 11.6 Å². The van der Waals surface area contributed by atoms with Crippen molar-refractivity contribution in [2.75, 3.05) is 16.8 Å². The molecular weight excluding hydrogens is 300 g/mol. The number of anilines is 2. The fourth-order valence-corrected chi connectivity index (χ4v) is 2.68. The van der Waals surface area contributed by atoms with Gasteiger partial charge in [-0.25, -0.2) is 0 Å². The van der Waals surface area contributed by atoms with Crippen molar-refractivity contribution in [2.24, 2.45) is 5.92 Å². The van der Waals surface area contributed by atoms with Gasteiger partial charge in [-0.3, -0.25) is 9.59 Å². The summed E-state index contributed by atoms with van der Waals surface area (Å²) < 4.78 is 0. The SMILES string of the molecule is O=C(Nc1ccc(Cl)cc1)[C@H]1CCN(c2ccccc2)C1=O. The quantitative estimate of drug-likeness (QED) is 0.883. The number of amides is 2. The largest absolute Gasteiger partial charge is 0.325 e. The summed E-state index contributed by atoms with van der Waals surface area (Å²) in [6.07, 6.45) is 0.521. The van der Waals surface area contributed by atoms with E-state index in [1.807, 2.05) is 30.3 Å². The van der Waals surface area contributed by atoms with Gasteiger partial charge in [0.05, 0.1) is 0 Å². The van der Waals surface area contributed by atoms with Gasteiger partial charge >= 0.3 is 0 Å². The summed E-state index contributed by atoms with van der Waals surface area (Å²) in [5, 5.41) is 3.37. The molecule has 1 heterocycles. The Balaban J connectivity index is 1.69. The van der Waals surface area contributed by atoms with Crippen LogP contribution in [-0.2, 0) is 9.59 Å². The lowest BCUT2D eigenvalue weighted by Crippen LogP contribution is -2.32. The molecule has 4 nitrogen and oxygen atoms in total. The molecule has 2 amide bonds. The Labute approximate surface area is 133 Å². The number of nitrogens with one attached hydrogen (secondary N) is 1. The van der Waals surface area contributed by atoms with Crippen LogP contribution < -0.4 is 10.2 Å². The van der Waals surface area contributed by atoms with Gasteiger partial charge in [0.25, 0.3) is 0 Å². The molecule has 1 saturated heterocycles. The van der Waals surface area contributed by atoms with E-state index in [-0.39, 0.29) is 11.8 Å². The Hall–Kier alpha value is -2.33. The average molecular weight is 315 g/mol. The van der Waals surface area contributed by atoms with Crippen LogP contribution in [0.4, 0.5) is 11.4 Å². The van der Waals surface area contributed by atoms with Crippen molar-refractivity contribution in [1.29, 1.82) is 0 Å². The lowest BCUT2D eigenvalue weighted by atomic mass is 10.1. The molecule has 1 aliphatic rings. The van der Waals surface area contributed by atoms with Crippen molar-refractivity contribution in [3.8, 4) is 0 Å². The van der Waals surface area contributed by atoms with E-state index < -0.39 is 5.92 Å². The topological polar surface area (TPSA) is 49.4 Å². The lowest BCUT2D eigenvalue weighted by molar-refractivity contribution is -0.129. The number of nitrogens with zero attached hydrogens (tertiary/aromatic N) is 1. The van der Waals surface area contributed by atoms with E-state index in [9.17, 15) is 9.59 Å². The Kier molecular flexibility index (Phi) is 4.11.